The summed E-state index contributed by atoms with van der Waals surface area (Å²) in [4.78, 5) is 25.8. The molecule has 1 N–H and O–H groups in total. The van der Waals surface area contributed by atoms with Gasteiger partial charge < -0.3 is 10.2 Å². The Hall–Kier alpha value is -2.89. The zero-order valence-corrected chi connectivity index (χ0v) is 16.3. The molecular weight excluding hydrogens is 340 g/mol. The Labute approximate surface area is 159 Å². The minimum Gasteiger partial charge on any atom is -0.337 e. The van der Waals surface area contributed by atoms with Crippen LogP contribution >= 0.6 is 0 Å². The van der Waals surface area contributed by atoms with Gasteiger partial charge in [-0.2, -0.15) is 5.10 Å². The molecule has 1 aliphatic rings. The van der Waals surface area contributed by atoms with Crippen molar-refractivity contribution in [3.05, 3.63) is 54.2 Å². The highest BCUT2D eigenvalue weighted by molar-refractivity contribution is 5.95. The van der Waals surface area contributed by atoms with Gasteiger partial charge in [0.05, 0.1) is 17.3 Å². The molecule has 0 bridgehead atoms. The number of nitrogens with one attached hydrogen (secondary N) is 1. The average molecular weight is 366 g/mol. The van der Waals surface area contributed by atoms with Gasteiger partial charge >= 0.3 is 0 Å². The topological polar surface area (TPSA) is 67.2 Å². The van der Waals surface area contributed by atoms with Crippen molar-refractivity contribution in [3.63, 3.8) is 0 Å². The number of carbonyl (C=O) groups is 2. The van der Waals surface area contributed by atoms with E-state index in [1.54, 1.807) is 9.58 Å². The molecule has 2 aromatic rings. The molecule has 1 fully saturated rings. The van der Waals surface area contributed by atoms with E-state index in [9.17, 15) is 9.59 Å². The molecule has 6 nitrogen and oxygen atoms in total. The zero-order valence-electron chi connectivity index (χ0n) is 16.3. The number of carbonyl (C=O) groups excluding carboxylic acids is 2. The number of aromatic nitrogens is 2. The highest BCUT2D eigenvalue weighted by Crippen LogP contribution is 2.27. The first kappa shape index (κ1) is 18.9. The van der Waals surface area contributed by atoms with E-state index in [0.29, 0.717) is 18.9 Å². The Morgan fingerprint density at radius 1 is 1.22 bits per heavy atom. The van der Waals surface area contributed by atoms with E-state index in [-0.39, 0.29) is 23.1 Å². The third-order valence-corrected chi connectivity index (χ3v) is 4.75. The van der Waals surface area contributed by atoms with Gasteiger partial charge in [0.25, 0.3) is 0 Å². The molecule has 0 aliphatic carbocycles. The number of aryl methyl sites for hydroxylation is 1. The Balaban J connectivity index is 1.83. The van der Waals surface area contributed by atoms with Crippen LogP contribution in [-0.2, 0) is 15.0 Å². The maximum atomic E-state index is 12.6. The van der Waals surface area contributed by atoms with Crippen LogP contribution in [0.5, 0.6) is 0 Å². The molecule has 2 amide bonds. The Morgan fingerprint density at radius 3 is 2.41 bits per heavy atom. The van der Waals surface area contributed by atoms with E-state index in [4.69, 9.17) is 5.10 Å². The molecule has 0 radical (unpaired) electrons. The van der Waals surface area contributed by atoms with Crippen LogP contribution in [0.2, 0.25) is 0 Å². The third kappa shape index (κ3) is 3.94. The van der Waals surface area contributed by atoms with Crippen LogP contribution in [0.15, 0.2) is 43.0 Å². The monoisotopic (exact) mass is 366 g/mol. The van der Waals surface area contributed by atoms with E-state index >= 15 is 0 Å². The van der Waals surface area contributed by atoms with Crippen LogP contribution in [0.25, 0.3) is 5.69 Å². The van der Waals surface area contributed by atoms with E-state index in [2.05, 4.69) is 32.7 Å². The maximum Gasteiger partial charge on any atom is 0.246 e. The normalized spacial score (nSPS) is 14.6. The van der Waals surface area contributed by atoms with Crippen molar-refractivity contribution in [1.82, 2.24) is 14.7 Å². The molecule has 6 heteroatoms. The number of hydrogen-bond acceptors (Lipinski definition) is 3. The van der Waals surface area contributed by atoms with Gasteiger partial charge in [0, 0.05) is 24.6 Å². The molecule has 0 spiro atoms. The first-order valence-electron chi connectivity index (χ1n) is 9.09. The second kappa shape index (κ2) is 7.02. The molecule has 0 unspecified atom stereocenters. The number of nitrogens with zero attached hydrogens (tertiary/aromatic N) is 3. The molecule has 1 aromatic carbocycles. The molecular formula is C21H26N4O2. The first-order valence-corrected chi connectivity index (χ1v) is 9.09. The smallest absolute Gasteiger partial charge is 0.246 e. The van der Waals surface area contributed by atoms with Crippen molar-refractivity contribution < 1.29 is 9.59 Å². The van der Waals surface area contributed by atoms with Crippen molar-refractivity contribution in [2.75, 3.05) is 18.4 Å². The summed E-state index contributed by atoms with van der Waals surface area (Å²) in [6.45, 7) is 12.6. The van der Waals surface area contributed by atoms with Gasteiger partial charge in [0.1, 0.15) is 5.82 Å². The fraction of sp³-hybridized carbons (Fsp3) is 0.381. The number of likely N-dealkylation sites (tertiary alicyclic amines) is 1. The number of hydrogen-bond donors (Lipinski definition) is 1. The van der Waals surface area contributed by atoms with Crippen molar-refractivity contribution >= 4 is 17.6 Å². The Bertz CT molecular complexity index is 869. The van der Waals surface area contributed by atoms with Crippen LogP contribution in [-0.4, -0.2) is 39.6 Å². The Morgan fingerprint density at radius 2 is 1.85 bits per heavy atom. The fourth-order valence-corrected chi connectivity index (χ4v) is 2.90. The summed E-state index contributed by atoms with van der Waals surface area (Å²) in [6.07, 6.45) is 1.27. The van der Waals surface area contributed by atoms with Gasteiger partial charge in [0.15, 0.2) is 0 Å². The largest absolute Gasteiger partial charge is 0.337 e. The van der Waals surface area contributed by atoms with Gasteiger partial charge in [-0.3, -0.25) is 9.59 Å². The number of benzene rings is 1. The van der Waals surface area contributed by atoms with Crippen LogP contribution in [0, 0.1) is 12.8 Å². The van der Waals surface area contributed by atoms with Crippen molar-refractivity contribution in [2.45, 2.75) is 33.1 Å². The molecule has 2 heterocycles. The maximum absolute atomic E-state index is 12.6. The molecule has 3 rings (SSSR count). The molecule has 1 aliphatic heterocycles. The number of rotatable bonds is 4. The van der Waals surface area contributed by atoms with Crippen LogP contribution in [0.1, 0.15) is 32.0 Å². The molecule has 0 atom stereocenters. The van der Waals surface area contributed by atoms with Crippen molar-refractivity contribution in [2.24, 2.45) is 5.92 Å². The third-order valence-electron chi connectivity index (χ3n) is 4.75. The summed E-state index contributed by atoms with van der Waals surface area (Å²) < 4.78 is 1.77. The van der Waals surface area contributed by atoms with E-state index in [0.717, 1.165) is 16.9 Å². The first-order chi connectivity index (χ1) is 12.7. The summed E-state index contributed by atoms with van der Waals surface area (Å²) in [5.41, 5.74) is 2.81. The van der Waals surface area contributed by atoms with Crippen LogP contribution in [0.3, 0.4) is 0 Å². The quantitative estimate of drug-likeness (QED) is 0.846. The van der Waals surface area contributed by atoms with Crippen molar-refractivity contribution in [1.29, 1.82) is 0 Å². The fourth-order valence-electron chi connectivity index (χ4n) is 2.90. The van der Waals surface area contributed by atoms with E-state index in [1.165, 1.54) is 6.08 Å². The summed E-state index contributed by atoms with van der Waals surface area (Å²) in [5, 5.41) is 7.71. The molecule has 1 saturated heterocycles. The van der Waals surface area contributed by atoms with Crippen molar-refractivity contribution in [3.8, 4) is 5.69 Å². The number of amides is 2. The van der Waals surface area contributed by atoms with Gasteiger partial charge in [-0.15, -0.1) is 0 Å². The van der Waals surface area contributed by atoms with Crippen LogP contribution in [0.4, 0.5) is 5.82 Å². The number of anilines is 1. The minimum atomic E-state index is -0.214. The highest BCUT2D eigenvalue weighted by Gasteiger charge is 2.35. The van der Waals surface area contributed by atoms with Gasteiger partial charge in [-0.25, -0.2) is 4.68 Å². The van der Waals surface area contributed by atoms with E-state index in [1.807, 2.05) is 37.3 Å². The molecule has 27 heavy (non-hydrogen) atoms. The molecule has 1 aromatic heterocycles. The second-order valence-electron chi connectivity index (χ2n) is 8.05. The average Bonchev–Trinajstić information content (AvgIpc) is 2.98. The predicted molar refractivity (Wildman–Crippen MR) is 106 cm³/mol. The zero-order chi connectivity index (χ0) is 19.8. The summed E-state index contributed by atoms with van der Waals surface area (Å²) in [5.74, 6) is 0.186. The molecule has 142 valence electrons. The van der Waals surface area contributed by atoms with Gasteiger partial charge in [-0.05, 0) is 25.1 Å². The van der Waals surface area contributed by atoms with Gasteiger partial charge in [0.2, 0.25) is 11.8 Å². The summed E-state index contributed by atoms with van der Waals surface area (Å²) in [6, 6.07) is 9.92. The lowest BCUT2D eigenvalue weighted by molar-refractivity contribution is -0.137. The standard InChI is InChI=1S/C21H26N4O2/c1-6-19(26)24-12-15(13-24)20(27)22-18-11-17(21(3,4)5)23-25(18)16-9-7-14(2)8-10-16/h6-11,15H,1,12-13H2,2-5H3,(H,22,27). The van der Waals surface area contributed by atoms with E-state index < -0.39 is 0 Å². The SMILES string of the molecule is C=CC(=O)N1CC(C(=O)Nc2cc(C(C)(C)C)nn2-c2ccc(C)cc2)C1. The lowest BCUT2D eigenvalue weighted by Gasteiger charge is -2.37. The van der Waals surface area contributed by atoms with Crippen LogP contribution < -0.4 is 5.32 Å². The lowest BCUT2D eigenvalue weighted by Crippen LogP contribution is -2.54. The molecule has 0 saturated carbocycles. The van der Waals surface area contributed by atoms with Gasteiger partial charge in [-0.1, -0.05) is 45.0 Å². The lowest BCUT2D eigenvalue weighted by atomic mass is 9.92. The summed E-state index contributed by atoms with van der Waals surface area (Å²) in [7, 11) is 0. The summed E-state index contributed by atoms with van der Waals surface area (Å²) >= 11 is 0. The predicted octanol–water partition coefficient (Wildman–Crippen LogP) is 3.06. The minimum absolute atomic E-state index is 0.100. The highest BCUT2D eigenvalue weighted by atomic mass is 16.2. The Kier molecular flexibility index (Phi) is 4.91. The second-order valence-corrected chi connectivity index (χ2v) is 8.05.